The fourth-order valence-electron chi connectivity index (χ4n) is 2.15. The van der Waals surface area contributed by atoms with Crippen LogP contribution in [0.1, 0.15) is 42.3 Å². The normalized spacial score (nSPS) is 11.7. The Bertz CT molecular complexity index is 624. The number of nitriles is 1. The van der Waals surface area contributed by atoms with E-state index in [1.807, 2.05) is 6.92 Å². The fraction of sp³-hybridized carbons (Fsp3) is 0.294. The maximum Gasteiger partial charge on any atom is 0.127 e. The van der Waals surface area contributed by atoms with Crippen molar-refractivity contribution in [2.45, 2.75) is 33.2 Å². The van der Waals surface area contributed by atoms with E-state index in [4.69, 9.17) is 5.26 Å². The summed E-state index contributed by atoms with van der Waals surface area (Å²) in [4.78, 5) is 4.42. The first-order valence-electron chi connectivity index (χ1n) is 6.86. The summed E-state index contributed by atoms with van der Waals surface area (Å²) in [6, 6.07) is 14.5. The Morgan fingerprint density at radius 3 is 2.55 bits per heavy atom. The molecule has 0 saturated heterocycles. The van der Waals surface area contributed by atoms with Crippen LogP contribution in [0.15, 0.2) is 36.4 Å². The second-order valence-corrected chi connectivity index (χ2v) is 4.96. The topological polar surface area (TPSA) is 48.7 Å². The molecule has 102 valence electrons. The summed E-state index contributed by atoms with van der Waals surface area (Å²) in [5.41, 5.74) is 4.03. The van der Waals surface area contributed by atoms with E-state index < -0.39 is 0 Å². The van der Waals surface area contributed by atoms with E-state index in [0.717, 1.165) is 17.9 Å². The van der Waals surface area contributed by atoms with Crippen LogP contribution in [-0.4, -0.2) is 4.98 Å². The van der Waals surface area contributed by atoms with Crippen LogP contribution >= 0.6 is 0 Å². The highest BCUT2D eigenvalue weighted by Crippen LogP contribution is 2.19. The smallest absolute Gasteiger partial charge is 0.127 e. The molecule has 1 aromatic carbocycles. The van der Waals surface area contributed by atoms with E-state index >= 15 is 0 Å². The average Bonchev–Trinajstić information content (AvgIpc) is 2.46. The lowest BCUT2D eigenvalue weighted by atomic mass is 10.0. The van der Waals surface area contributed by atoms with E-state index in [0.29, 0.717) is 5.56 Å². The third-order valence-electron chi connectivity index (χ3n) is 3.33. The average molecular weight is 265 g/mol. The van der Waals surface area contributed by atoms with Crippen molar-refractivity contribution >= 4 is 5.82 Å². The van der Waals surface area contributed by atoms with Crippen LogP contribution in [0.2, 0.25) is 0 Å². The Balaban J connectivity index is 2.16. The Hall–Kier alpha value is -2.34. The number of hydrogen-bond donors (Lipinski definition) is 1. The SMILES string of the molecule is CCc1ccc(C(C)Nc2cc(C#N)cc(C)n2)cc1. The number of hydrogen-bond acceptors (Lipinski definition) is 3. The summed E-state index contributed by atoms with van der Waals surface area (Å²) < 4.78 is 0. The maximum atomic E-state index is 8.99. The Labute approximate surface area is 120 Å². The molecule has 2 rings (SSSR count). The lowest BCUT2D eigenvalue weighted by molar-refractivity contribution is 0.870. The number of aromatic nitrogens is 1. The largest absolute Gasteiger partial charge is 0.364 e. The van der Waals surface area contributed by atoms with Crippen LogP contribution in [0.3, 0.4) is 0 Å². The standard InChI is InChI=1S/C17H19N3/c1-4-14-5-7-16(8-6-14)13(3)20-17-10-15(11-18)9-12(2)19-17/h5-10,13H,4H2,1-3H3,(H,19,20). The second-order valence-electron chi connectivity index (χ2n) is 4.96. The van der Waals surface area contributed by atoms with Gasteiger partial charge in [-0.1, -0.05) is 31.2 Å². The minimum Gasteiger partial charge on any atom is -0.364 e. The first-order valence-corrected chi connectivity index (χ1v) is 6.86. The van der Waals surface area contributed by atoms with Gasteiger partial charge in [0.1, 0.15) is 5.82 Å². The van der Waals surface area contributed by atoms with Crippen molar-refractivity contribution in [1.82, 2.24) is 4.98 Å². The summed E-state index contributed by atoms with van der Waals surface area (Å²) in [6.07, 6.45) is 1.05. The number of rotatable bonds is 4. The number of benzene rings is 1. The molecule has 20 heavy (non-hydrogen) atoms. The van der Waals surface area contributed by atoms with Gasteiger partial charge in [-0.3, -0.25) is 0 Å². The van der Waals surface area contributed by atoms with Crippen LogP contribution in [0.5, 0.6) is 0 Å². The quantitative estimate of drug-likeness (QED) is 0.909. The number of anilines is 1. The Morgan fingerprint density at radius 2 is 1.95 bits per heavy atom. The number of nitrogens with zero attached hydrogens (tertiary/aromatic N) is 2. The summed E-state index contributed by atoms with van der Waals surface area (Å²) in [7, 11) is 0. The molecule has 0 aliphatic heterocycles. The molecule has 1 aromatic heterocycles. The predicted octanol–water partition coefficient (Wildman–Crippen LogP) is 4.00. The van der Waals surface area contributed by atoms with Crippen molar-refractivity contribution in [3.63, 3.8) is 0 Å². The molecular weight excluding hydrogens is 246 g/mol. The van der Waals surface area contributed by atoms with Crippen LogP contribution in [0.4, 0.5) is 5.82 Å². The molecule has 0 amide bonds. The van der Waals surface area contributed by atoms with Gasteiger partial charge in [0.2, 0.25) is 0 Å². The summed E-state index contributed by atoms with van der Waals surface area (Å²) in [5, 5.41) is 12.3. The minimum absolute atomic E-state index is 0.154. The summed E-state index contributed by atoms with van der Waals surface area (Å²) in [6.45, 7) is 6.14. The van der Waals surface area contributed by atoms with Gasteiger partial charge < -0.3 is 5.32 Å². The molecule has 3 heteroatoms. The zero-order valence-corrected chi connectivity index (χ0v) is 12.1. The lowest BCUT2D eigenvalue weighted by Crippen LogP contribution is -2.08. The zero-order valence-electron chi connectivity index (χ0n) is 12.1. The molecule has 1 heterocycles. The first-order chi connectivity index (χ1) is 9.62. The van der Waals surface area contributed by atoms with Gasteiger partial charge in [-0.15, -0.1) is 0 Å². The molecule has 1 unspecified atom stereocenters. The van der Waals surface area contributed by atoms with E-state index in [9.17, 15) is 0 Å². The summed E-state index contributed by atoms with van der Waals surface area (Å²) in [5.74, 6) is 0.744. The van der Waals surface area contributed by atoms with Crippen molar-refractivity contribution < 1.29 is 0 Å². The van der Waals surface area contributed by atoms with Crippen molar-refractivity contribution in [2.24, 2.45) is 0 Å². The lowest BCUT2D eigenvalue weighted by Gasteiger charge is -2.16. The molecule has 0 aliphatic rings. The van der Waals surface area contributed by atoms with Crippen molar-refractivity contribution in [3.05, 3.63) is 58.8 Å². The number of aryl methyl sites for hydroxylation is 2. The van der Waals surface area contributed by atoms with Gasteiger partial charge in [0.05, 0.1) is 11.6 Å². The molecule has 2 aromatic rings. The highest BCUT2D eigenvalue weighted by molar-refractivity contribution is 5.46. The van der Waals surface area contributed by atoms with Gasteiger partial charge in [-0.25, -0.2) is 4.98 Å². The minimum atomic E-state index is 0.154. The predicted molar refractivity (Wildman–Crippen MR) is 81.5 cm³/mol. The molecule has 3 nitrogen and oxygen atoms in total. The molecule has 0 bridgehead atoms. The van der Waals surface area contributed by atoms with E-state index in [-0.39, 0.29) is 6.04 Å². The zero-order chi connectivity index (χ0) is 14.5. The van der Waals surface area contributed by atoms with Crippen molar-refractivity contribution in [3.8, 4) is 6.07 Å². The molecular formula is C17H19N3. The Morgan fingerprint density at radius 1 is 1.25 bits per heavy atom. The monoisotopic (exact) mass is 265 g/mol. The maximum absolute atomic E-state index is 8.99. The first kappa shape index (κ1) is 14.1. The van der Waals surface area contributed by atoms with Gasteiger partial charge >= 0.3 is 0 Å². The van der Waals surface area contributed by atoms with Crippen molar-refractivity contribution in [1.29, 1.82) is 5.26 Å². The number of pyridine rings is 1. The molecule has 0 spiro atoms. The van der Waals surface area contributed by atoms with Crippen LogP contribution in [0.25, 0.3) is 0 Å². The highest BCUT2D eigenvalue weighted by Gasteiger charge is 2.07. The molecule has 1 N–H and O–H groups in total. The van der Waals surface area contributed by atoms with Crippen LogP contribution in [-0.2, 0) is 6.42 Å². The molecule has 0 radical (unpaired) electrons. The number of nitrogens with one attached hydrogen (secondary N) is 1. The molecule has 1 atom stereocenters. The van der Waals surface area contributed by atoms with E-state index in [1.54, 1.807) is 12.1 Å². The highest BCUT2D eigenvalue weighted by atomic mass is 15.0. The molecule has 0 saturated carbocycles. The Kier molecular flexibility index (Phi) is 4.37. The van der Waals surface area contributed by atoms with Crippen molar-refractivity contribution in [2.75, 3.05) is 5.32 Å². The van der Waals surface area contributed by atoms with Gasteiger partial charge in [0.25, 0.3) is 0 Å². The van der Waals surface area contributed by atoms with Crippen LogP contribution in [0, 0.1) is 18.3 Å². The molecule has 0 aliphatic carbocycles. The van der Waals surface area contributed by atoms with Gasteiger partial charge in [0.15, 0.2) is 0 Å². The third kappa shape index (κ3) is 3.36. The van der Waals surface area contributed by atoms with Gasteiger partial charge in [-0.05, 0) is 43.5 Å². The van der Waals surface area contributed by atoms with Gasteiger partial charge in [-0.2, -0.15) is 5.26 Å². The third-order valence-corrected chi connectivity index (χ3v) is 3.33. The van der Waals surface area contributed by atoms with Gasteiger partial charge in [0, 0.05) is 11.7 Å². The van der Waals surface area contributed by atoms with Crippen LogP contribution < -0.4 is 5.32 Å². The van der Waals surface area contributed by atoms with E-state index in [2.05, 4.69) is 54.5 Å². The van der Waals surface area contributed by atoms with E-state index in [1.165, 1.54) is 11.1 Å². The molecule has 0 fully saturated rings. The fourth-order valence-corrected chi connectivity index (χ4v) is 2.15. The second kappa shape index (κ2) is 6.21. The summed E-state index contributed by atoms with van der Waals surface area (Å²) >= 11 is 0.